The monoisotopic (exact) mass is 236 g/mol. The van der Waals surface area contributed by atoms with Crippen molar-refractivity contribution in [2.75, 3.05) is 6.61 Å². The molecule has 0 radical (unpaired) electrons. The molecular weight excluding hydrogens is 208 g/mol. The second-order valence-electron chi connectivity index (χ2n) is 7.15. The zero-order chi connectivity index (χ0) is 12.8. The van der Waals surface area contributed by atoms with E-state index in [1.165, 1.54) is 18.4 Å². The molecule has 2 aliphatic rings. The lowest BCUT2D eigenvalue weighted by Crippen LogP contribution is -2.29. The van der Waals surface area contributed by atoms with E-state index < -0.39 is 0 Å². The third-order valence-electron chi connectivity index (χ3n) is 6.15. The van der Waals surface area contributed by atoms with E-state index in [9.17, 15) is 5.11 Å². The number of aliphatic hydroxyl groups excluding tert-OH is 1. The molecule has 0 aliphatic heterocycles. The first kappa shape index (κ1) is 13.1. The molecule has 0 saturated heterocycles. The van der Waals surface area contributed by atoms with Gasteiger partial charge in [-0.2, -0.15) is 0 Å². The topological polar surface area (TPSA) is 20.2 Å². The number of aliphatic hydroxyl groups is 1. The third kappa shape index (κ3) is 1.87. The van der Waals surface area contributed by atoms with Gasteiger partial charge in [-0.25, -0.2) is 0 Å². The summed E-state index contributed by atoms with van der Waals surface area (Å²) in [4.78, 5) is 0. The third-order valence-corrected chi connectivity index (χ3v) is 6.15. The van der Waals surface area contributed by atoms with Gasteiger partial charge < -0.3 is 5.11 Å². The first-order valence-corrected chi connectivity index (χ1v) is 7.15. The van der Waals surface area contributed by atoms with Crippen molar-refractivity contribution in [3.63, 3.8) is 0 Å². The second-order valence-corrected chi connectivity index (χ2v) is 7.15. The van der Waals surface area contributed by atoms with E-state index in [4.69, 9.17) is 0 Å². The zero-order valence-corrected chi connectivity index (χ0v) is 11.9. The van der Waals surface area contributed by atoms with Crippen LogP contribution in [0.2, 0.25) is 0 Å². The molecule has 0 aromatic carbocycles. The lowest BCUT2D eigenvalue weighted by molar-refractivity contribution is 0.161. The maximum atomic E-state index is 9.32. The van der Waals surface area contributed by atoms with Crippen molar-refractivity contribution in [1.82, 2.24) is 0 Å². The predicted octanol–water partition coefficient (Wildman–Crippen LogP) is 4.02. The maximum absolute atomic E-state index is 9.32. The molecule has 0 amide bonds. The van der Waals surface area contributed by atoms with E-state index in [1.54, 1.807) is 0 Å². The van der Waals surface area contributed by atoms with E-state index in [1.807, 2.05) is 0 Å². The van der Waals surface area contributed by atoms with Crippen LogP contribution in [0, 0.1) is 28.6 Å². The van der Waals surface area contributed by atoms with Gasteiger partial charge in [-0.05, 0) is 47.8 Å². The van der Waals surface area contributed by atoms with Crippen molar-refractivity contribution in [2.24, 2.45) is 28.6 Å². The average Bonchev–Trinajstić information content (AvgIpc) is 2.90. The van der Waals surface area contributed by atoms with Gasteiger partial charge >= 0.3 is 0 Å². The first-order valence-electron chi connectivity index (χ1n) is 7.15. The molecule has 1 N–H and O–H groups in total. The van der Waals surface area contributed by atoms with Gasteiger partial charge in [0.25, 0.3) is 0 Å². The predicted molar refractivity (Wildman–Crippen MR) is 72.7 cm³/mol. The molecule has 4 atom stereocenters. The number of rotatable bonds is 5. The van der Waals surface area contributed by atoms with Gasteiger partial charge in [0.15, 0.2) is 0 Å². The molecule has 17 heavy (non-hydrogen) atoms. The van der Waals surface area contributed by atoms with Gasteiger partial charge in [-0.1, -0.05) is 46.3 Å². The molecule has 2 rings (SSSR count). The summed E-state index contributed by atoms with van der Waals surface area (Å²) in [7, 11) is 0. The molecule has 2 fully saturated rings. The van der Waals surface area contributed by atoms with Gasteiger partial charge in [0.1, 0.15) is 0 Å². The van der Waals surface area contributed by atoms with Crippen LogP contribution in [-0.4, -0.2) is 11.7 Å². The van der Waals surface area contributed by atoms with Crippen LogP contribution in [0.4, 0.5) is 0 Å². The molecule has 0 spiro atoms. The van der Waals surface area contributed by atoms with Gasteiger partial charge in [0.2, 0.25) is 0 Å². The van der Waals surface area contributed by atoms with Gasteiger partial charge in [-0.3, -0.25) is 0 Å². The van der Waals surface area contributed by atoms with Crippen LogP contribution in [-0.2, 0) is 0 Å². The minimum atomic E-state index is 0.309. The summed E-state index contributed by atoms with van der Waals surface area (Å²) < 4.78 is 0. The number of hydrogen-bond acceptors (Lipinski definition) is 1. The smallest absolute Gasteiger partial charge is 0.0462 e. The SMILES string of the molecule is C=C(CC(CC)CO)[C@H]1CC2C[C@]2(C)C1(C)C. The Labute approximate surface area is 106 Å². The summed E-state index contributed by atoms with van der Waals surface area (Å²) in [6.45, 7) is 14.1. The second kappa shape index (κ2) is 4.12. The molecule has 0 bridgehead atoms. The normalized spacial score (nSPS) is 39.8. The Morgan fingerprint density at radius 3 is 2.47 bits per heavy atom. The fourth-order valence-electron chi connectivity index (χ4n) is 4.09. The van der Waals surface area contributed by atoms with Gasteiger partial charge in [-0.15, -0.1) is 0 Å². The molecule has 2 aliphatic carbocycles. The Balaban J connectivity index is 2.02. The van der Waals surface area contributed by atoms with E-state index in [2.05, 4.69) is 34.3 Å². The van der Waals surface area contributed by atoms with Crippen LogP contribution < -0.4 is 0 Å². The number of allylic oxidation sites excluding steroid dienone is 1. The van der Waals surface area contributed by atoms with Crippen LogP contribution in [0.3, 0.4) is 0 Å². The standard InChI is InChI=1S/C16H28O/c1-6-12(10-17)7-11(2)14-8-13-9-16(13,5)15(14,3)4/h12-14,17H,2,6-10H2,1,3-5H3/t12?,13?,14-,16+/m1/s1. The minimum Gasteiger partial charge on any atom is -0.396 e. The summed E-state index contributed by atoms with van der Waals surface area (Å²) in [5.41, 5.74) is 2.37. The van der Waals surface area contributed by atoms with Gasteiger partial charge in [0.05, 0.1) is 0 Å². The summed E-state index contributed by atoms with van der Waals surface area (Å²) in [6.07, 6.45) is 4.83. The zero-order valence-electron chi connectivity index (χ0n) is 11.9. The fourth-order valence-corrected chi connectivity index (χ4v) is 4.09. The Morgan fingerprint density at radius 2 is 2.06 bits per heavy atom. The van der Waals surface area contributed by atoms with E-state index >= 15 is 0 Å². The quantitative estimate of drug-likeness (QED) is 0.715. The van der Waals surface area contributed by atoms with Crippen LogP contribution in [0.5, 0.6) is 0 Å². The van der Waals surface area contributed by atoms with Crippen molar-refractivity contribution in [1.29, 1.82) is 0 Å². The van der Waals surface area contributed by atoms with Crippen LogP contribution in [0.1, 0.15) is 53.4 Å². The van der Waals surface area contributed by atoms with E-state index in [0.717, 1.165) is 18.8 Å². The van der Waals surface area contributed by atoms with Crippen molar-refractivity contribution in [3.05, 3.63) is 12.2 Å². The minimum absolute atomic E-state index is 0.309. The molecule has 2 saturated carbocycles. The van der Waals surface area contributed by atoms with Crippen molar-refractivity contribution in [2.45, 2.75) is 53.4 Å². The van der Waals surface area contributed by atoms with Crippen LogP contribution in [0.25, 0.3) is 0 Å². The molecule has 1 heteroatoms. The van der Waals surface area contributed by atoms with Crippen molar-refractivity contribution in [3.8, 4) is 0 Å². The summed E-state index contributed by atoms with van der Waals surface area (Å²) in [5.74, 6) is 2.03. The largest absolute Gasteiger partial charge is 0.396 e. The Morgan fingerprint density at radius 1 is 1.41 bits per heavy atom. The lowest BCUT2D eigenvalue weighted by atomic mass is 9.68. The van der Waals surface area contributed by atoms with Crippen molar-refractivity contribution >= 4 is 0 Å². The highest BCUT2D eigenvalue weighted by Gasteiger charge is 2.67. The molecule has 0 aromatic heterocycles. The lowest BCUT2D eigenvalue weighted by Gasteiger charge is -2.37. The highest BCUT2D eigenvalue weighted by molar-refractivity contribution is 5.23. The summed E-state index contributed by atoms with van der Waals surface area (Å²) in [6, 6.07) is 0. The maximum Gasteiger partial charge on any atom is 0.0462 e. The van der Waals surface area contributed by atoms with Gasteiger partial charge in [0, 0.05) is 6.61 Å². The first-order chi connectivity index (χ1) is 7.86. The summed E-state index contributed by atoms with van der Waals surface area (Å²) in [5, 5.41) is 9.32. The van der Waals surface area contributed by atoms with Crippen LogP contribution in [0.15, 0.2) is 12.2 Å². The molecule has 0 aromatic rings. The Bertz CT molecular complexity index is 313. The molecule has 1 nitrogen and oxygen atoms in total. The van der Waals surface area contributed by atoms with Crippen molar-refractivity contribution < 1.29 is 5.11 Å². The Hall–Kier alpha value is -0.300. The molecule has 0 heterocycles. The molecule has 2 unspecified atom stereocenters. The number of fused-ring (bicyclic) bond motifs is 1. The number of hydrogen-bond donors (Lipinski definition) is 1. The highest BCUT2D eigenvalue weighted by Crippen LogP contribution is 2.75. The Kier molecular flexibility index (Phi) is 3.18. The molecular formula is C16H28O. The van der Waals surface area contributed by atoms with E-state index in [0.29, 0.717) is 29.3 Å². The highest BCUT2D eigenvalue weighted by atomic mass is 16.3. The average molecular weight is 236 g/mol. The van der Waals surface area contributed by atoms with E-state index in [-0.39, 0.29) is 0 Å². The fraction of sp³-hybridized carbons (Fsp3) is 0.875. The molecule has 98 valence electrons. The van der Waals surface area contributed by atoms with Crippen LogP contribution >= 0.6 is 0 Å². The summed E-state index contributed by atoms with van der Waals surface area (Å²) >= 11 is 0.